The van der Waals surface area contributed by atoms with E-state index in [0.717, 1.165) is 22.3 Å². The first-order chi connectivity index (χ1) is 15.3. The van der Waals surface area contributed by atoms with E-state index in [9.17, 15) is 9.59 Å². The Morgan fingerprint density at radius 2 is 1.34 bits per heavy atom. The zero-order chi connectivity index (χ0) is 23.0. The second-order valence-corrected chi connectivity index (χ2v) is 8.67. The molecule has 5 nitrogen and oxygen atoms in total. The first-order valence-corrected chi connectivity index (χ1v) is 10.8. The Balaban J connectivity index is 1.70. The Labute approximate surface area is 189 Å². The number of ether oxygens (including phenoxy) is 1. The summed E-state index contributed by atoms with van der Waals surface area (Å²) in [7, 11) is 0. The molecule has 0 aliphatic carbocycles. The molecule has 2 amide bonds. The predicted octanol–water partition coefficient (Wildman–Crippen LogP) is 5.11. The lowest BCUT2D eigenvalue weighted by Gasteiger charge is -2.23. The van der Waals surface area contributed by atoms with Crippen molar-refractivity contribution in [2.45, 2.75) is 45.4 Å². The quantitative estimate of drug-likeness (QED) is 0.548. The van der Waals surface area contributed by atoms with Crippen molar-refractivity contribution >= 4 is 12.0 Å². The summed E-state index contributed by atoms with van der Waals surface area (Å²) < 4.78 is 5.37. The molecule has 2 N–H and O–H groups in total. The summed E-state index contributed by atoms with van der Waals surface area (Å²) in [5.41, 5.74) is 3.51. The van der Waals surface area contributed by atoms with Gasteiger partial charge in [0.05, 0.1) is 0 Å². The summed E-state index contributed by atoms with van der Waals surface area (Å²) >= 11 is 0. The normalized spacial score (nSPS) is 12.0. The van der Waals surface area contributed by atoms with Gasteiger partial charge in [-0.3, -0.25) is 4.79 Å². The van der Waals surface area contributed by atoms with Crippen molar-refractivity contribution in [1.82, 2.24) is 10.6 Å². The van der Waals surface area contributed by atoms with Crippen LogP contribution in [0, 0.1) is 0 Å². The third-order valence-corrected chi connectivity index (χ3v) is 4.82. The summed E-state index contributed by atoms with van der Waals surface area (Å²) in [6.45, 7) is 5.76. The van der Waals surface area contributed by atoms with E-state index in [1.165, 1.54) is 0 Å². The van der Waals surface area contributed by atoms with Gasteiger partial charge in [-0.15, -0.1) is 0 Å². The fourth-order valence-electron chi connectivity index (χ4n) is 3.27. The van der Waals surface area contributed by atoms with Crippen LogP contribution in [-0.4, -0.2) is 23.6 Å². The topological polar surface area (TPSA) is 67.4 Å². The molecule has 0 bridgehead atoms. The molecule has 0 radical (unpaired) electrons. The molecule has 1 atom stereocenters. The molecule has 0 aliphatic heterocycles. The minimum atomic E-state index is -0.754. The van der Waals surface area contributed by atoms with Crippen LogP contribution < -0.4 is 10.6 Å². The highest BCUT2D eigenvalue weighted by atomic mass is 16.6. The lowest BCUT2D eigenvalue weighted by atomic mass is 10.0. The van der Waals surface area contributed by atoms with Crippen molar-refractivity contribution in [3.8, 4) is 11.1 Å². The van der Waals surface area contributed by atoms with Crippen molar-refractivity contribution in [3.05, 3.63) is 96.1 Å². The number of amides is 2. The van der Waals surface area contributed by atoms with Gasteiger partial charge in [0.2, 0.25) is 5.91 Å². The first kappa shape index (κ1) is 23.1. The Kier molecular flexibility index (Phi) is 7.66. The number of hydrogen-bond acceptors (Lipinski definition) is 3. The van der Waals surface area contributed by atoms with Crippen molar-refractivity contribution in [3.63, 3.8) is 0 Å². The Morgan fingerprint density at radius 3 is 1.94 bits per heavy atom. The highest BCUT2D eigenvalue weighted by molar-refractivity contribution is 5.86. The lowest BCUT2D eigenvalue weighted by molar-refractivity contribution is -0.123. The third kappa shape index (κ3) is 7.27. The van der Waals surface area contributed by atoms with Gasteiger partial charge in [0, 0.05) is 13.0 Å². The SMILES string of the molecule is CC(C)(C)OC(=O)N[C@@H](Cc1ccc(-c2ccccc2)cc1)C(=O)NCc1ccccc1. The number of carbonyl (C=O) groups excluding carboxylic acids is 2. The molecule has 0 unspecified atom stereocenters. The first-order valence-electron chi connectivity index (χ1n) is 10.8. The zero-order valence-corrected chi connectivity index (χ0v) is 18.8. The van der Waals surface area contributed by atoms with Crippen LogP contribution in [-0.2, 0) is 22.5 Å². The fraction of sp³-hybridized carbons (Fsp3) is 0.259. The van der Waals surface area contributed by atoms with Crippen LogP contribution in [0.25, 0.3) is 11.1 Å². The lowest BCUT2D eigenvalue weighted by Crippen LogP contribution is -2.49. The number of nitrogens with one attached hydrogen (secondary N) is 2. The largest absolute Gasteiger partial charge is 0.444 e. The van der Waals surface area contributed by atoms with E-state index in [2.05, 4.69) is 22.8 Å². The maximum atomic E-state index is 12.9. The van der Waals surface area contributed by atoms with Gasteiger partial charge in [-0.2, -0.15) is 0 Å². The van der Waals surface area contributed by atoms with E-state index in [1.807, 2.05) is 72.8 Å². The molecule has 3 aromatic rings. The molecule has 5 heteroatoms. The van der Waals surface area contributed by atoms with E-state index in [4.69, 9.17) is 4.74 Å². The third-order valence-electron chi connectivity index (χ3n) is 4.82. The van der Waals surface area contributed by atoms with Crippen LogP contribution in [0.15, 0.2) is 84.9 Å². The van der Waals surface area contributed by atoms with Gasteiger partial charge >= 0.3 is 6.09 Å². The van der Waals surface area contributed by atoms with Crippen LogP contribution in [0.3, 0.4) is 0 Å². The minimum absolute atomic E-state index is 0.258. The molecule has 0 saturated heterocycles. The summed E-state index contributed by atoms with van der Waals surface area (Å²) in [4.78, 5) is 25.3. The standard InChI is InChI=1S/C27H30N2O3/c1-27(2,3)32-26(31)29-24(25(30)28-19-21-10-6-4-7-11-21)18-20-14-16-23(17-15-20)22-12-8-5-9-13-22/h4-17,24H,18-19H2,1-3H3,(H,28,30)(H,29,31)/t24-/m0/s1. The molecule has 166 valence electrons. The number of benzene rings is 3. The average Bonchev–Trinajstić information content (AvgIpc) is 2.77. The smallest absolute Gasteiger partial charge is 0.408 e. The highest BCUT2D eigenvalue weighted by Crippen LogP contribution is 2.20. The molecule has 3 aromatic carbocycles. The molecule has 0 saturated carbocycles. The molecule has 0 aliphatic rings. The van der Waals surface area contributed by atoms with E-state index < -0.39 is 17.7 Å². The number of carbonyl (C=O) groups is 2. The molecular formula is C27H30N2O3. The number of alkyl carbamates (subject to hydrolysis) is 1. The van der Waals surface area contributed by atoms with Crippen molar-refractivity contribution in [2.24, 2.45) is 0 Å². The van der Waals surface area contributed by atoms with E-state index in [-0.39, 0.29) is 5.91 Å². The Hall–Kier alpha value is -3.60. The number of hydrogen-bond donors (Lipinski definition) is 2. The van der Waals surface area contributed by atoms with Crippen LogP contribution in [0.4, 0.5) is 4.79 Å². The predicted molar refractivity (Wildman–Crippen MR) is 127 cm³/mol. The molecule has 0 aromatic heterocycles. The van der Waals surface area contributed by atoms with Crippen LogP contribution in [0.2, 0.25) is 0 Å². The second kappa shape index (κ2) is 10.6. The molecule has 0 spiro atoms. The maximum Gasteiger partial charge on any atom is 0.408 e. The molecule has 32 heavy (non-hydrogen) atoms. The van der Waals surface area contributed by atoms with Crippen molar-refractivity contribution in [1.29, 1.82) is 0 Å². The Bertz CT molecular complexity index is 1010. The van der Waals surface area contributed by atoms with Gasteiger partial charge < -0.3 is 15.4 Å². The molecular weight excluding hydrogens is 400 g/mol. The molecule has 3 rings (SSSR count). The summed E-state index contributed by atoms with van der Waals surface area (Å²) in [6.07, 6.45) is -0.257. The Morgan fingerprint density at radius 1 is 0.781 bits per heavy atom. The highest BCUT2D eigenvalue weighted by Gasteiger charge is 2.24. The van der Waals surface area contributed by atoms with Gasteiger partial charge in [-0.25, -0.2) is 4.79 Å². The van der Waals surface area contributed by atoms with E-state index >= 15 is 0 Å². The maximum absolute atomic E-state index is 12.9. The van der Waals surface area contributed by atoms with Crippen LogP contribution >= 0.6 is 0 Å². The van der Waals surface area contributed by atoms with Gasteiger partial charge in [0.25, 0.3) is 0 Å². The van der Waals surface area contributed by atoms with Gasteiger partial charge in [0.1, 0.15) is 11.6 Å². The van der Waals surface area contributed by atoms with Gasteiger partial charge in [-0.1, -0.05) is 84.9 Å². The molecule has 0 heterocycles. The second-order valence-electron chi connectivity index (χ2n) is 8.67. The monoisotopic (exact) mass is 430 g/mol. The molecule has 0 fully saturated rings. The van der Waals surface area contributed by atoms with Crippen molar-refractivity contribution < 1.29 is 14.3 Å². The van der Waals surface area contributed by atoms with Crippen LogP contribution in [0.5, 0.6) is 0 Å². The van der Waals surface area contributed by atoms with E-state index in [1.54, 1.807) is 20.8 Å². The van der Waals surface area contributed by atoms with Crippen LogP contribution in [0.1, 0.15) is 31.9 Å². The minimum Gasteiger partial charge on any atom is -0.444 e. The number of rotatable bonds is 7. The average molecular weight is 431 g/mol. The summed E-state index contributed by atoms with van der Waals surface area (Å²) in [5, 5.41) is 5.65. The summed E-state index contributed by atoms with van der Waals surface area (Å²) in [5.74, 6) is -0.258. The van der Waals surface area contributed by atoms with Gasteiger partial charge in [0.15, 0.2) is 0 Å². The van der Waals surface area contributed by atoms with Gasteiger partial charge in [-0.05, 0) is 43.0 Å². The zero-order valence-electron chi connectivity index (χ0n) is 18.8. The van der Waals surface area contributed by atoms with Crippen molar-refractivity contribution in [2.75, 3.05) is 0 Å². The van der Waals surface area contributed by atoms with E-state index in [0.29, 0.717) is 13.0 Å². The summed E-state index contributed by atoms with van der Waals surface area (Å²) in [6, 6.07) is 27.0. The fourth-order valence-corrected chi connectivity index (χ4v) is 3.27.